The zero-order valence-electron chi connectivity index (χ0n) is 18.5. The fourth-order valence-corrected chi connectivity index (χ4v) is 3.01. The van der Waals surface area contributed by atoms with Crippen LogP contribution in [0.3, 0.4) is 0 Å². The lowest BCUT2D eigenvalue weighted by Gasteiger charge is -2.10. The molecule has 0 atom stereocenters. The maximum Gasteiger partial charge on any atom is 0.416 e. The van der Waals surface area contributed by atoms with Crippen molar-refractivity contribution in [3.8, 4) is 23.1 Å². The zero-order valence-corrected chi connectivity index (χ0v) is 18.5. The maximum absolute atomic E-state index is 12.9. The second-order valence-corrected chi connectivity index (χ2v) is 7.74. The molecule has 2 aromatic carbocycles. The lowest BCUT2D eigenvalue weighted by atomic mass is 10.1. The Hall–Kier alpha value is -3.40. The number of nitrogens with one attached hydrogen (secondary N) is 1. The molecule has 1 aromatic heterocycles. The molecule has 3 aromatic rings. The SMILES string of the molecule is COCCOc1nc(-c2ccc(C(F)(F)F)cc2)n(-c2ccc(NC(=O)CC(C)C)cc2)n1. The normalized spacial score (nSPS) is 11.6. The number of hydrogen-bond donors (Lipinski definition) is 1. The summed E-state index contributed by atoms with van der Waals surface area (Å²) in [7, 11) is 1.53. The molecule has 0 aliphatic rings. The van der Waals surface area contributed by atoms with E-state index in [4.69, 9.17) is 9.47 Å². The summed E-state index contributed by atoms with van der Waals surface area (Å²) >= 11 is 0. The molecule has 1 heterocycles. The summed E-state index contributed by atoms with van der Waals surface area (Å²) in [5, 5.41) is 7.18. The monoisotopic (exact) mass is 462 g/mol. The van der Waals surface area contributed by atoms with E-state index in [0.717, 1.165) is 12.1 Å². The molecule has 33 heavy (non-hydrogen) atoms. The van der Waals surface area contributed by atoms with E-state index in [1.54, 1.807) is 24.3 Å². The van der Waals surface area contributed by atoms with Gasteiger partial charge < -0.3 is 14.8 Å². The maximum atomic E-state index is 12.9. The highest BCUT2D eigenvalue weighted by Gasteiger charge is 2.30. The first-order valence-electron chi connectivity index (χ1n) is 10.3. The zero-order chi connectivity index (χ0) is 24.0. The number of nitrogens with zero attached hydrogens (tertiary/aromatic N) is 3. The number of hydrogen-bond acceptors (Lipinski definition) is 5. The summed E-state index contributed by atoms with van der Waals surface area (Å²) in [6, 6.07) is 11.6. The van der Waals surface area contributed by atoms with Crippen LogP contribution in [-0.4, -0.2) is 41.0 Å². The molecule has 0 radical (unpaired) electrons. The third-order valence-corrected chi connectivity index (χ3v) is 4.57. The molecule has 0 saturated carbocycles. The van der Waals surface area contributed by atoms with E-state index < -0.39 is 11.7 Å². The van der Waals surface area contributed by atoms with Crippen LogP contribution < -0.4 is 10.1 Å². The van der Waals surface area contributed by atoms with Gasteiger partial charge in [0.2, 0.25) is 5.91 Å². The number of benzene rings is 2. The van der Waals surface area contributed by atoms with Crippen LogP contribution in [0, 0.1) is 5.92 Å². The van der Waals surface area contributed by atoms with E-state index in [0.29, 0.717) is 35.8 Å². The van der Waals surface area contributed by atoms with Crippen LogP contribution >= 0.6 is 0 Å². The van der Waals surface area contributed by atoms with Gasteiger partial charge in [0, 0.05) is 24.8 Å². The van der Waals surface area contributed by atoms with Crippen LogP contribution in [0.25, 0.3) is 17.1 Å². The van der Waals surface area contributed by atoms with Crippen LogP contribution in [0.15, 0.2) is 48.5 Å². The van der Waals surface area contributed by atoms with Crippen molar-refractivity contribution in [3.63, 3.8) is 0 Å². The van der Waals surface area contributed by atoms with Gasteiger partial charge in [0.15, 0.2) is 5.82 Å². The lowest BCUT2D eigenvalue weighted by Crippen LogP contribution is -2.13. The van der Waals surface area contributed by atoms with E-state index in [9.17, 15) is 18.0 Å². The molecule has 1 amide bonds. The van der Waals surface area contributed by atoms with E-state index >= 15 is 0 Å². The molecule has 0 fully saturated rings. The number of rotatable bonds is 9. The van der Waals surface area contributed by atoms with Crippen molar-refractivity contribution in [2.45, 2.75) is 26.4 Å². The molecule has 1 N–H and O–H groups in total. The highest BCUT2D eigenvalue weighted by Crippen LogP contribution is 2.31. The minimum atomic E-state index is -4.43. The van der Waals surface area contributed by atoms with Gasteiger partial charge in [-0.1, -0.05) is 26.0 Å². The number of carbonyl (C=O) groups excluding carboxylic acids is 1. The average Bonchev–Trinajstić information content (AvgIpc) is 3.17. The first-order valence-corrected chi connectivity index (χ1v) is 10.3. The molecule has 0 aliphatic heterocycles. The number of ether oxygens (including phenoxy) is 2. The fourth-order valence-electron chi connectivity index (χ4n) is 3.01. The first-order chi connectivity index (χ1) is 15.7. The van der Waals surface area contributed by atoms with E-state index in [1.165, 1.54) is 23.9 Å². The van der Waals surface area contributed by atoms with Crippen molar-refractivity contribution in [2.75, 3.05) is 25.6 Å². The number of methoxy groups -OCH3 is 1. The van der Waals surface area contributed by atoms with Crippen LogP contribution in [0.2, 0.25) is 0 Å². The first kappa shape index (κ1) is 24.2. The van der Waals surface area contributed by atoms with Gasteiger partial charge in [-0.2, -0.15) is 18.2 Å². The van der Waals surface area contributed by atoms with E-state index in [1.807, 2.05) is 13.8 Å². The highest BCUT2D eigenvalue weighted by molar-refractivity contribution is 5.90. The van der Waals surface area contributed by atoms with Crippen molar-refractivity contribution < 1.29 is 27.4 Å². The Morgan fingerprint density at radius 2 is 1.73 bits per heavy atom. The Labute approximate surface area is 189 Å². The Morgan fingerprint density at radius 3 is 2.30 bits per heavy atom. The van der Waals surface area contributed by atoms with Gasteiger partial charge in [-0.15, -0.1) is 5.10 Å². The molecule has 176 valence electrons. The molecule has 0 aliphatic carbocycles. The molecular formula is C23H25F3N4O3. The minimum Gasteiger partial charge on any atom is -0.460 e. The van der Waals surface area contributed by atoms with Crippen molar-refractivity contribution in [3.05, 3.63) is 54.1 Å². The topological polar surface area (TPSA) is 78.3 Å². The van der Waals surface area contributed by atoms with Crippen molar-refractivity contribution in [2.24, 2.45) is 5.92 Å². The summed E-state index contributed by atoms with van der Waals surface area (Å²) in [6.07, 6.45) is -4.03. The summed E-state index contributed by atoms with van der Waals surface area (Å²) in [4.78, 5) is 16.3. The molecule has 10 heteroatoms. The third-order valence-electron chi connectivity index (χ3n) is 4.57. The van der Waals surface area contributed by atoms with Crippen LogP contribution in [-0.2, 0) is 15.7 Å². The Balaban J connectivity index is 1.90. The Morgan fingerprint density at radius 1 is 1.06 bits per heavy atom. The summed E-state index contributed by atoms with van der Waals surface area (Å²) in [5.74, 6) is 0.466. The molecule has 0 spiro atoms. The lowest BCUT2D eigenvalue weighted by molar-refractivity contribution is -0.137. The Kier molecular flexibility index (Phi) is 7.70. The van der Waals surface area contributed by atoms with Crippen molar-refractivity contribution in [1.29, 1.82) is 0 Å². The predicted octanol–water partition coefficient (Wildman–Crippen LogP) is 4.96. The number of aromatic nitrogens is 3. The van der Waals surface area contributed by atoms with Crippen LogP contribution in [0.5, 0.6) is 6.01 Å². The highest BCUT2D eigenvalue weighted by atomic mass is 19.4. The minimum absolute atomic E-state index is 0.0660. The van der Waals surface area contributed by atoms with Gasteiger partial charge in [-0.05, 0) is 42.3 Å². The molecular weight excluding hydrogens is 437 g/mol. The van der Waals surface area contributed by atoms with Gasteiger partial charge in [0.1, 0.15) is 6.61 Å². The predicted molar refractivity (Wildman–Crippen MR) is 117 cm³/mol. The fraction of sp³-hybridized carbons (Fsp3) is 0.348. The number of anilines is 1. The van der Waals surface area contributed by atoms with E-state index in [-0.39, 0.29) is 24.4 Å². The van der Waals surface area contributed by atoms with Gasteiger partial charge in [-0.3, -0.25) is 4.79 Å². The number of amides is 1. The second-order valence-electron chi connectivity index (χ2n) is 7.74. The third kappa shape index (κ3) is 6.55. The number of halogens is 3. The van der Waals surface area contributed by atoms with Crippen LogP contribution in [0.1, 0.15) is 25.8 Å². The number of alkyl halides is 3. The largest absolute Gasteiger partial charge is 0.460 e. The quantitative estimate of drug-likeness (QED) is 0.455. The van der Waals surface area contributed by atoms with Crippen LogP contribution in [0.4, 0.5) is 18.9 Å². The van der Waals surface area contributed by atoms with Gasteiger partial charge in [0.05, 0.1) is 17.9 Å². The molecule has 3 rings (SSSR count). The van der Waals surface area contributed by atoms with Crippen molar-refractivity contribution in [1.82, 2.24) is 14.8 Å². The standard InChI is InChI=1S/C23H25F3N4O3/c1-15(2)14-20(31)27-18-8-10-19(11-9-18)30-21(28-22(29-30)33-13-12-32-3)16-4-6-17(7-5-16)23(24,25)26/h4-11,15H,12-14H2,1-3H3,(H,27,31). The summed E-state index contributed by atoms with van der Waals surface area (Å²) in [6.45, 7) is 4.47. The Bertz CT molecular complexity index is 1060. The molecule has 7 nitrogen and oxygen atoms in total. The average molecular weight is 462 g/mol. The summed E-state index contributed by atoms with van der Waals surface area (Å²) < 4.78 is 50.8. The van der Waals surface area contributed by atoms with Gasteiger partial charge >= 0.3 is 12.2 Å². The second kappa shape index (κ2) is 10.5. The summed E-state index contributed by atoms with van der Waals surface area (Å²) in [5.41, 5.74) is 0.903. The number of carbonyl (C=O) groups is 1. The molecule has 0 saturated heterocycles. The van der Waals surface area contributed by atoms with Gasteiger partial charge in [-0.25, -0.2) is 4.68 Å². The smallest absolute Gasteiger partial charge is 0.416 e. The molecule has 0 unspecified atom stereocenters. The van der Waals surface area contributed by atoms with E-state index in [2.05, 4.69) is 15.4 Å². The van der Waals surface area contributed by atoms with Gasteiger partial charge in [0.25, 0.3) is 0 Å². The van der Waals surface area contributed by atoms with Crippen molar-refractivity contribution >= 4 is 11.6 Å². The molecule has 0 bridgehead atoms.